The average molecular weight is 549 g/mol. The summed E-state index contributed by atoms with van der Waals surface area (Å²) in [6, 6.07) is 0. The van der Waals surface area contributed by atoms with Crippen LogP contribution < -0.4 is 0 Å². The Morgan fingerprint density at radius 2 is 0.743 bits per heavy atom. The largest absolute Gasteiger partial charge is 0.0776 e. The highest BCUT2D eigenvalue weighted by atomic mass is 28.3. The molecule has 1 unspecified atom stereocenters. The van der Waals surface area contributed by atoms with E-state index in [4.69, 9.17) is 0 Å². The van der Waals surface area contributed by atoms with E-state index in [0.717, 1.165) is 17.4 Å². The number of hydrogen-bond donors (Lipinski definition) is 0. The van der Waals surface area contributed by atoms with E-state index in [9.17, 15) is 0 Å². The fourth-order valence-corrected chi connectivity index (χ4v) is 7.37. The molecule has 0 radical (unpaired) electrons. The molecule has 0 N–H and O–H groups in total. The van der Waals surface area contributed by atoms with Crippen LogP contribution >= 0.6 is 0 Å². The lowest BCUT2D eigenvalue weighted by atomic mass is 9.71. The lowest BCUT2D eigenvalue weighted by Gasteiger charge is -2.52. The average Bonchev–Trinajstić information content (AvgIpc) is 2.50. The summed E-state index contributed by atoms with van der Waals surface area (Å²) in [6.07, 6.45) is 0. The zero-order valence-corrected chi connectivity index (χ0v) is 31.2. The van der Waals surface area contributed by atoms with E-state index in [-0.39, 0.29) is 14.9 Å². The summed E-state index contributed by atoms with van der Waals surface area (Å²) >= 11 is 0. The molecule has 0 saturated heterocycles. The van der Waals surface area contributed by atoms with E-state index in [1.54, 1.807) is 0 Å². The first-order chi connectivity index (χ1) is 13.8. The Labute approximate surface area is 232 Å². The molecular weight excluding hydrogens is 469 g/mol. The predicted molar refractivity (Wildman–Crippen MR) is 184 cm³/mol. The van der Waals surface area contributed by atoms with Crippen molar-refractivity contribution in [2.75, 3.05) is 0 Å². The highest BCUT2D eigenvalue weighted by Crippen LogP contribution is 2.55. The third-order valence-corrected chi connectivity index (χ3v) is 23.1. The van der Waals surface area contributed by atoms with E-state index in [1.165, 1.54) is 0 Å². The van der Waals surface area contributed by atoms with Crippen LogP contribution in [0.2, 0.25) is 74.5 Å². The molecule has 0 aliphatic heterocycles. The fourth-order valence-electron chi connectivity index (χ4n) is 3.42. The molecule has 0 aromatic rings. The smallest absolute Gasteiger partial charge is 0.0505 e. The van der Waals surface area contributed by atoms with Gasteiger partial charge in [0.25, 0.3) is 0 Å². The van der Waals surface area contributed by atoms with E-state index >= 15 is 0 Å². The maximum Gasteiger partial charge on any atom is 0.0505 e. The molecule has 0 amide bonds. The molecule has 0 nitrogen and oxygen atoms in total. The van der Waals surface area contributed by atoms with Gasteiger partial charge in [-0.2, -0.15) is 0 Å². The van der Waals surface area contributed by atoms with Crippen molar-refractivity contribution in [3.63, 3.8) is 0 Å². The quantitative estimate of drug-likeness (QED) is 0.289. The topological polar surface area (TPSA) is 0 Å². The lowest BCUT2D eigenvalue weighted by molar-refractivity contribution is 0.171. The Balaban J connectivity index is -0.000000131. The van der Waals surface area contributed by atoms with Gasteiger partial charge in [0.1, 0.15) is 0 Å². The second kappa shape index (κ2) is 14.7. The van der Waals surface area contributed by atoms with Gasteiger partial charge in [0.05, 0.1) is 16.1 Å². The lowest BCUT2D eigenvalue weighted by Crippen LogP contribution is -2.47. The summed E-state index contributed by atoms with van der Waals surface area (Å²) < 4.78 is 0. The highest BCUT2D eigenvalue weighted by Gasteiger charge is 2.47. The van der Waals surface area contributed by atoms with Crippen LogP contribution in [-0.4, -0.2) is 24.2 Å². The van der Waals surface area contributed by atoms with Gasteiger partial charge in [0, 0.05) is 8.07 Å². The first-order valence-electron chi connectivity index (χ1n) is 13.8. The van der Waals surface area contributed by atoms with Crippen molar-refractivity contribution in [1.29, 1.82) is 0 Å². The fraction of sp³-hybridized carbons (Fsp3) is 1.00. The zero-order chi connectivity index (χ0) is 28.2. The van der Waals surface area contributed by atoms with Crippen LogP contribution in [-0.2, 0) is 0 Å². The molecular formula is C32H80Si3. The molecule has 220 valence electrons. The number of rotatable bonds is 6. The number of hydrogen-bond acceptors (Lipinski definition) is 0. The minimum atomic E-state index is -1.08. The van der Waals surface area contributed by atoms with Crippen LogP contribution in [0.3, 0.4) is 0 Å². The van der Waals surface area contributed by atoms with Gasteiger partial charge < -0.3 is 0 Å². The van der Waals surface area contributed by atoms with Crippen molar-refractivity contribution < 1.29 is 0 Å². The molecule has 0 bridgehead atoms. The van der Waals surface area contributed by atoms with Crippen LogP contribution in [0.1, 0.15) is 112 Å². The maximum atomic E-state index is 2.48. The van der Waals surface area contributed by atoms with E-state index in [0.29, 0.717) is 20.9 Å². The second-order valence-corrected chi connectivity index (χ2v) is 34.8. The van der Waals surface area contributed by atoms with Gasteiger partial charge in [-0.3, -0.25) is 0 Å². The summed E-state index contributed by atoms with van der Waals surface area (Å²) in [7, 11) is -2.88. The molecule has 3 heteroatoms. The predicted octanol–water partition coefficient (Wildman–Crippen LogP) is 13.6. The van der Waals surface area contributed by atoms with Crippen molar-refractivity contribution in [3.05, 3.63) is 0 Å². The minimum Gasteiger partial charge on any atom is -0.0776 e. The first-order valence-corrected chi connectivity index (χ1v) is 24.4. The highest BCUT2D eigenvalue weighted by molar-refractivity contribution is 6.79. The van der Waals surface area contributed by atoms with Crippen LogP contribution in [0.25, 0.3) is 0 Å². The van der Waals surface area contributed by atoms with Gasteiger partial charge in [0.2, 0.25) is 0 Å². The van der Waals surface area contributed by atoms with E-state index < -0.39 is 24.2 Å². The van der Waals surface area contributed by atoms with Crippen molar-refractivity contribution in [2.45, 2.75) is 186 Å². The Morgan fingerprint density at radius 3 is 0.800 bits per heavy atom. The van der Waals surface area contributed by atoms with Crippen molar-refractivity contribution in [2.24, 2.45) is 22.7 Å². The summed E-state index contributed by atoms with van der Waals surface area (Å²) in [4.78, 5) is 0. The summed E-state index contributed by atoms with van der Waals surface area (Å²) in [5.74, 6) is 1.54. The third kappa shape index (κ3) is 13.8. The monoisotopic (exact) mass is 549 g/mol. The standard InChI is InChI=1S/2C12H28Si.C6H16Si.2CH4/c1-10(11(2,3)4)12(5,6)13(7,8)9;1-10(2)11(3,4)12(5,6)13(7,8)9;1-6(2)7(3,4)5;;/h2*10H,1-9H3;6H,1-5H3;2*1H4. The maximum absolute atomic E-state index is 2.48. The van der Waals surface area contributed by atoms with Gasteiger partial charge in [-0.15, -0.1) is 0 Å². The van der Waals surface area contributed by atoms with Crippen LogP contribution in [0.5, 0.6) is 0 Å². The minimum absolute atomic E-state index is 0. The SMILES string of the molecule is C.C.CC(C(C)(C)C)C(C)(C)[Si](C)(C)C.CC(C)C(C)(C)C(C)(C)[Si](C)(C)C.CC(C)[Si](C)(C)C. The normalized spacial score (nSPS) is 14.7. The summed E-state index contributed by atoms with van der Waals surface area (Å²) in [6.45, 7) is 55.6. The molecule has 35 heavy (non-hydrogen) atoms. The third-order valence-electron chi connectivity index (χ3n) is 11.0. The molecule has 0 spiro atoms. The molecule has 0 aliphatic carbocycles. The molecule has 0 aromatic carbocycles. The van der Waals surface area contributed by atoms with Crippen molar-refractivity contribution in [3.8, 4) is 0 Å². The molecule has 0 saturated carbocycles. The Hall–Kier alpha value is 0.651. The van der Waals surface area contributed by atoms with Crippen LogP contribution in [0, 0.1) is 22.7 Å². The zero-order valence-electron chi connectivity index (χ0n) is 28.2. The molecule has 0 aromatic heterocycles. The molecule has 1 atom stereocenters. The molecule has 0 fully saturated rings. The van der Waals surface area contributed by atoms with Crippen LogP contribution in [0.15, 0.2) is 0 Å². The van der Waals surface area contributed by atoms with Gasteiger partial charge in [-0.25, -0.2) is 0 Å². The van der Waals surface area contributed by atoms with Gasteiger partial charge in [0.15, 0.2) is 0 Å². The molecule has 0 aliphatic rings. The molecule has 0 heterocycles. The Morgan fingerprint density at radius 1 is 0.486 bits per heavy atom. The summed E-state index contributed by atoms with van der Waals surface area (Å²) in [5.41, 5.74) is 1.81. The van der Waals surface area contributed by atoms with E-state index in [1.807, 2.05) is 0 Å². The Kier molecular flexibility index (Phi) is 19.1. The van der Waals surface area contributed by atoms with Gasteiger partial charge in [-0.1, -0.05) is 176 Å². The first kappa shape index (κ1) is 45.6. The van der Waals surface area contributed by atoms with Gasteiger partial charge in [-0.05, 0) is 32.7 Å². The Bertz CT molecular complexity index is 537. The second-order valence-electron chi connectivity index (χ2n) is 17.3. The van der Waals surface area contributed by atoms with Crippen molar-refractivity contribution >= 4 is 24.2 Å². The van der Waals surface area contributed by atoms with E-state index in [2.05, 4.69) is 156 Å². The van der Waals surface area contributed by atoms with Crippen LogP contribution in [0.4, 0.5) is 0 Å². The van der Waals surface area contributed by atoms with Gasteiger partial charge >= 0.3 is 0 Å². The van der Waals surface area contributed by atoms with Crippen molar-refractivity contribution in [1.82, 2.24) is 0 Å². The molecule has 0 rings (SSSR count). The summed E-state index contributed by atoms with van der Waals surface area (Å²) in [5, 5.41) is 1.01.